The van der Waals surface area contributed by atoms with E-state index in [9.17, 15) is 9.13 Å². The molecule has 2 aliphatic rings. The van der Waals surface area contributed by atoms with Gasteiger partial charge in [0, 0.05) is 16.5 Å². The van der Waals surface area contributed by atoms with Gasteiger partial charge >= 0.3 is 7.37 Å². The van der Waals surface area contributed by atoms with Crippen LogP contribution in [-0.4, -0.2) is 18.7 Å². The lowest BCUT2D eigenvalue weighted by atomic mass is 9.78. The molecule has 0 fully saturated rings. The highest BCUT2D eigenvalue weighted by Gasteiger charge is 2.42. The molecule has 0 bridgehead atoms. The van der Waals surface area contributed by atoms with E-state index in [1.165, 1.54) is 0 Å². The molecule has 0 saturated carbocycles. The second kappa shape index (κ2) is 13.3. The Labute approximate surface area is 302 Å². The van der Waals surface area contributed by atoms with E-state index in [2.05, 4.69) is 19.2 Å². The number of hydrogen-bond donors (Lipinski definition) is 2. The van der Waals surface area contributed by atoms with Gasteiger partial charge in [-0.05, 0) is 70.8 Å². The number of nitrogens with one attached hydrogen (secondary N) is 2. The largest absolute Gasteiger partial charge is 0.478 e. The van der Waals surface area contributed by atoms with Crippen LogP contribution in [0, 0.1) is 5.41 Å². The Morgan fingerprint density at radius 2 is 1.10 bits per heavy atom. The maximum absolute atomic E-state index is 14.2. The molecule has 0 saturated heterocycles. The zero-order valence-electron chi connectivity index (χ0n) is 28.6. The zero-order chi connectivity index (χ0) is 35.9. The van der Waals surface area contributed by atoms with E-state index in [-0.39, 0.29) is 18.4 Å². The van der Waals surface area contributed by atoms with Gasteiger partial charge in [-0.2, -0.15) is 0 Å². The van der Waals surface area contributed by atoms with Crippen LogP contribution in [0.5, 0.6) is 23.0 Å². The first-order valence-corrected chi connectivity index (χ1v) is 20.4. The molecule has 10 heteroatoms. The van der Waals surface area contributed by atoms with Gasteiger partial charge in [-0.1, -0.05) is 111 Å². The molecule has 2 heterocycles. The molecule has 8 rings (SSSR count). The molecule has 2 unspecified atom stereocenters. The molecule has 6 aromatic rings. The smallest absolute Gasteiger partial charge is 0.360 e. The lowest BCUT2D eigenvalue weighted by Crippen LogP contribution is -2.28. The molecular weight excluding hydrogens is 690 g/mol. The van der Waals surface area contributed by atoms with E-state index < -0.39 is 20.4 Å². The van der Waals surface area contributed by atoms with Crippen LogP contribution in [-0.2, 0) is 14.5 Å². The third-order valence-electron chi connectivity index (χ3n) is 9.61. The molecule has 2 N–H and O–H groups in total. The Kier molecular flexibility index (Phi) is 8.63. The number of benzene rings is 6. The fourth-order valence-electron chi connectivity index (χ4n) is 6.73. The molecule has 0 radical (unpaired) electrons. The Balaban J connectivity index is 0.897. The predicted molar refractivity (Wildman–Crippen MR) is 206 cm³/mol. The van der Waals surface area contributed by atoms with E-state index in [0.717, 1.165) is 33.4 Å². The third kappa shape index (κ3) is 6.03. The van der Waals surface area contributed by atoms with E-state index in [1.807, 2.05) is 115 Å². The molecule has 0 spiro atoms. The van der Waals surface area contributed by atoms with Gasteiger partial charge in [0.1, 0.15) is 29.7 Å². The van der Waals surface area contributed by atoms with Crippen LogP contribution in [0.1, 0.15) is 25.0 Å². The number of hydrogen-bond acceptors (Lipinski definition) is 8. The summed E-state index contributed by atoms with van der Waals surface area (Å²) in [5.74, 6) is 2.15. The first kappa shape index (κ1) is 33.7. The Bertz CT molecular complexity index is 2410. The van der Waals surface area contributed by atoms with Crippen molar-refractivity contribution in [3.63, 3.8) is 0 Å². The molecule has 2 aliphatic heterocycles. The van der Waals surface area contributed by atoms with Crippen molar-refractivity contribution in [3.05, 3.63) is 157 Å². The number of rotatable bonds is 9. The van der Waals surface area contributed by atoms with Crippen LogP contribution >= 0.6 is 14.7 Å². The Morgan fingerprint density at radius 3 is 1.71 bits per heavy atom. The Morgan fingerprint density at radius 1 is 0.615 bits per heavy atom. The first-order chi connectivity index (χ1) is 25.2. The minimum Gasteiger partial charge on any atom is -0.478 e. The molecule has 0 aliphatic carbocycles. The van der Waals surface area contributed by atoms with Gasteiger partial charge in [0.15, 0.2) is 0 Å². The average molecular weight is 727 g/mol. The van der Waals surface area contributed by atoms with Crippen molar-refractivity contribution in [1.82, 2.24) is 5.32 Å². The topological polar surface area (TPSA) is 107 Å². The van der Waals surface area contributed by atoms with Gasteiger partial charge in [-0.3, -0.25) is 19.9 Å². The molecule has 6 aromatic carbocycles. The summed E-state index contributed by atoms with van der Waals surface area (Å²) in [4.78, 5) is 0. The van der Waals surface area contributed by atoms with Crippen LogP contribution < -0.4 is 34.4 Å². The van der Waals surface area contributed by atoms with Gasteiger partial charge in [0.05, 0.1) is 16.9 Å². The van der Waals surface area contributed by atoms with Crippen molar-refractivity contribution in [2.45, 2.75) is 19.3 Å². The summed E-state index contributed by atoms with van der Waals surface area (Å²) in [5.41, 5.74) is 4.78. The van der Waals surface area contributed by atoms with E-state index in [4.69, 9.17) is 23.9 Å². The van der Waals surface area contributed by atoms with Gasteiger partial charge in [0.2, 0.25) is 0 Å². The molecular formula is C42H36N2O6P2. The third-order valence-corrected chi connectivity index (χ3v) is 14.0. The van der Waals surface area contributed by atoms with Gasteiger partial charge in [-0.15, -0.1) is 0 Å². The minimum absolute atomic E-state index is 0.133. The molecule has 8 nitrogen and oxygen atoms in total. The van der Waals surface area contributed by atoms with Crippen LogP contribution in [0.3, 0.4) is 0 Å². The molecule has 52 heavy (non-hydrogen) atoms. The maximum atomic E-state index is 14.2. The van der Waals surface area contributed by atoms with Crippen molar-refractivity contribution in [1.29, 1.82) is 5.41 Å². The van der Waals surface area contributed by atoms with Gasteiger partial charge < -0.3 is 18.5 Å². The maximum Gasteiger partial charge on any atom is 0.360 e. The summed E-state index contributed by atoms with van der Waals surface area (Å²) in [6, 6.07) is 45.4. The van der Waals surface area contributed by atoms with Crippen molar-refractivity contribution < 1.29 is 27.7 Å². The standard InChI is InChI=1S/C42H36N2O6P2/c1-42(2,30-21-25-32(26-22-30)48-41(43)52(46)40-18-10-6-14-36(40)34-12-4-8-16-38(34)50-52)29-19-23-31(24-20-29)47-27-44-28-51(45)39-17-9-5-13-35(39)33-11-3-7-15-37(33)49-51/h3-26,43-44H,27-28H2,1-2H3. The van der Waals surface area contributed by atoms with Crippen molar-refractivity contribution >= 4 is 31.0 Å². The second-order valence-corrected chi connectivity index (χ2v) is 17.7. The monoisotopic (exact) mass is 726 g/mol. The number of fused-ring (bicyclic) bond motifs is 6. The normalized spacial score (nSPS) is 18.3. The van der Waals surface area contributed by atoms with Gasteiger partial charge in [0.25, 0.3) is 13.0 Å². The predicted octanol–water partition coefficient (Wildman–Crippen LogP) is 9.54. The molecule has 2 atom stereocenters. The summed E-state index contributed by atoms with van der Waals surface area (Å²) in [6.45, 7) is 4.41. The van der Waals surface area contributed by atoms with Crippen LogP contribution in [0.4, 0.5) is 0 Å². The summed E-state index contributed by atoms with van der Waals surface area (Å²) < 4.78 is 52.1. The van der Waals surface area contributed by atoms with Crippen LogP contribution in [0.15, 0.2) is 146 Å². The van der Waals surface area contributed by atoms with E-state index in [1.54, 1.807) is 30.3 Å². The number of ether oxygens (including phenoxy) is 2. The highest BCUT2D eigenvalue weighted by atomic mass is 31.2. The summed E-state index contributed by atoms with van der Waals surface area (Å²) in [5, 5.41) is 13.1. The second-order valence-electron chi connectivity index (χ2n) is 13.2. The quantitative estimate of drug-likeness (QED) is 0.0503. The van der Waals surface area contributed by atoms with Crippen molar-refractivity contribution in [3.8, 4) is 45.3 Å². The lowest BCUT2D eigenvalue weighted by molar-refractivity contribution is 0.290. The van der Waals surface area contributed by atoms with Crippen molar-refractivity contribution in [2.75, 3.05) is 13.0 Å². The molecule has 0 amide bonds. The van der Waals surface area contributed by atoms with E-state index in [0.29, 0.717) is 33.6 Å². The average Bonchev–Trinajstić information content (AvgIpc) is 3.17. The highest BCUT2D eigenvalue weighted by molar-refractivity contribution is 7.83. The summed E-state index contributed by atoms with van der Waals surface area (Å²) in [7, 11) is -7.01. The lowest BCUT2D eigenvalue weighted by Gasteiger charge is -2.29. The van der Waals surface area contributed by atoms with Crippen LogP contribution in [0.2, 0.25) is 0 Å². The Hall–Kier alpha value is -5.39. The zero-order valence-corrected chi connectivity index (χ0v) is 30.4. The highest BCUT2D eigenvalue weighted by Crippen LogP contribution is 2.56. The number of para-hydroxylation sites is 2. The molecule has 260 valence electrons. The fourth-order valence-corrected chi connectivity index (χ4v) is 10.7. The summed E-state index contributed by atoms with van der Waals surface area (Å²) >= 11 is 0. The first-order valence-electron chi connectivity index (χ1n) is 16.9. The van der Waals surface area contributed by atoms with Crippen molar-refractivity contribution in [2.24, 2.45) is 0 Å². The van der Waals surface area contributed by atoms with Crippen LogP contribution in [0.25, 0.3) is 22.3 Å². The molecule has 0 aromatic heterocycles. The van der Waals surface area contributed by atoms with E-state index >= 15 is 0 Å². The minimum atomic E-state index is -3.81. The van der Waals surface area contributed by atoms with Gasteiger partial charge in [-0.25, -0.2) is 0 Å². The SMILES string of the molecule is CC(C)(c1ccc(OCNCP2(=O)Oc3ccccc3-c3ccccc32)cc1)c1ccc(OC(=N)P2(=O)Oc3ccccc3-c3ccccc32)cc1. The fraction of sp³-hybridized carbons (Fsp3) is 0.119. The summed E-state index contributed by atoms with van der Waals surface area (Å²) in [6.07, 6.45) is 0.133.